The van der Waals surface area contributed by atoms with E-state index in [9.17, 15) is 14.5 Å². The molecular weight excluding hydrogens is 223 g/mol. The molecular formula is C12H15FN2O2. The van der Waals surface area contributed by atoms with Crippen molar-refractivity contribution in [1.29, 1.82) is 0 Å². The highest BCUT2D eigenvalue weighted by Crippen LogP contribution is 2.29. The third-order valence-electron chi connectivity index (χ3n) is 3.21. The van der Waals surface area contributed by atoms with Crippen molar-refractivity contribution in [2.45, 2.75) is 32.2 Å². The van der Waals surface area contributed by atoms with Gasteiger partial charge in [-0.2, -0.15) is 4.39 Å². The van der Waals surface area contributed by atoms with E-state index < -0.39 is 16.4 Å². The summed E-state index contributed by atoms with van der Waals surface area (Å²) >= 11 is 0. The number of benzene rings is 1. The summed E-state index contributed by atoms with van der Waals surface area (Å²) in [6, 6.07) is 4.29. The molecule has 1 aromatic rings. The summed E-state index contributed by atoms with van der Waals surface area (Å²) in [6.07, 6.45) is 3.29. The molecule has 2 rings (SSSR count). The van der Waals surface area contributed by atoms with E-state index >= 15 is 0 Å². The van der Waals surface area contributed by atoms with Gasteiger partial charge in [-0.3, -0.25) is 10.1 Å². The number of anilines is 1. The first-order valence-electron chi connectivity index (χ1n) is 5.76. The molecule has 0 saturated heterocycles. The molecule has 0 amide bonds. The number of nitro groups is 1. The van der Waals surface area contributed by atoms with Crippen LogP contribution < -0.4 is 5.32 Å². The predicted octanol–water partition coefficient (Wildman–Crippen LogP) is 3.33. The van der Waals surface area contributed by atoms with Crippen LogP contribution in [0.15, 0.2) is 18.2 Å². The Morgan fingerprint density at radius 1 is 1.47 bits per heavy atom. The molecule has 0 aromatic heterocycles. The van der Waals surface area contributed by atoms with Crippen molar-refractivity contribution in [2.75, 3.05) is 5.32 Å². The normalized spacial score (nSPS) is 23.6. The monoisotopic (exact) mass is 238 g/mol. The number of hydrogen-bond acceptors (Lipinski definition) is 3. The summed E-state index contributed by atoms with van der Waals surface area (Å²) < 4.78 is 13.1. The molecule has 0 bridgehead atoms. The van der Waals surface area contributed by atoms with E-state index in [4.69, 9.17) is 0 Å². The number of nitro benzene ring substituents is 1. The largest absolute Gasteiger partial charge is 0.382 e. The van der Waals surface area contributed by atoms with E-state index in [0.717, 1.165) is 18.9 Å². The lowest BCUT2D eigenvalue weighted by atomic mass is 10.1. The van der Waals surface area contributed by atoms with Gasteiger partial charge >= 0.3 is 5.69 Å². The summed E-state index contributed by atoms with van der Waals surface area (Å²) in [5.74, 6) is -0.108. The molecule has 4 nitrogen and oxygen atoms in total. The van der Waals surface area contributed by atoms with Crippen LogP contribution in [0, 0.1) is 21.8 Å². The van der Waals surface area contributed by atoms with Crippen LogP contribution in [0.1, 0.15) is 26.2 Å². The summed E-state index contributed by atoms with van der Waals surface area (Å²) in [7, 11) is 0. The summed E-state index contributed by atoms with van der Waals surface area (Å²) in [5.41, 5.74) is 0.151. The van der Waals surface area contributed by atoms with Crippen molar-refractivity contribution in [1.82, 2.24) is 0 Å². The van der Waals surface area contributed by atoms with E-state index in [1.165, 1.54) is 12.5 Å². The van der Waals surface area contributed by atoms with Gasteiger partial charge in [-0.25, -0.2) is 0 Å². The Hall–Kier alpha value is -1.65. The van der Waals surface area contributed by atoms with Crippen LogP contribution in [-0.2, 0) is 0 Å². The van der Waals surface area contributed by atoms with Gasteiger partial charge < -0.3 is 5.32 Å². The standard InChI is InChI=1S/C12H15FN2O2/c1-8-2-3-9(6-8)14-10-4-5-11(13)12(7-10)15(16)17/h4-5,7-9,14H,2-3,6H2,1H3. The molecule has 0 heterocycles. The predicted molar refractivity (Wildman–Crippen MR) is 63.5 cm³/mol. The molecule has 1 aliphatic rings. The van der Waals surface area contributed by atoms with Crippen LogP contribution in [0.2, 0.25) is 0 Å². The maximum Gasteiger partial charge on any atom is 0.306 e. The second-order valence-electron chi connectivity index (χ2n) is 4.68. The highest BCUT2D eigenvalue weighted by atomic mass is 19.1. The fourth-order valence-electron chi connectivity index (χ4n) is 2.32. The fourth-order valence-corrected chi connectivity index (χ4v) is 2.32. The van der Waals surface area contributed by atoms with Gasteiger partial charge in [0.1, 0.15) is 0 Å². The maximum atomic E-state index is 13.1. The topological polar surface area (TPSA) is 55.2 Å². The number of rotatable bonds is 3. The smallest absolute Gasteiger partial charge is 0.306 e. The zero-order chi connectivity index (χ0) is 12.4. The lowest BCUT2D eigenvalue weighted by Crippen LogP contribution is -2.15. The molecule has 17 heavy (non-hydrogen) atoms. The molecule has 0 radical (unpaired) electrons. The van der Waals surface area contributed by atoms with Crippen LogP contribution >= 0.6 is 0 Å². The van der Waals surface area contributed by atoms with Crippen LogP contribution in [0.4, 0.5) is 15.8 Å². The Morgan fingerprint density at radius 3 is 2.82 bits per heavy atom. The quantitative estimate of drug-likeness (QED) is 0.649. The minimum Gasteiger partial charge on any atom is -0.382 e. The van der Waals surface area contributed by atoms with Crippen LogP contribution in [-0.4, -0.2) is 11.0 Å². The van der Waals surface area contributed by atoms with Gasteiger partial charge in [0, 0.05) is 17.8 Å². The second kappa shape index (κ2) is 4.69. The number of halogens is 1. The molecule has 0 aliphatic heterocycles. The third-order valence-corrected chi connectivity index (χ3v) is 3.21. The Morgan fingerprint density at radius 2 is 2.24 bits per heavy atom. The van der Waals surface area contributed by atoms with Crippen molar-refractivity contribution < 1.29 is 9.31 Å². The van der Waals surface area contributed by atoms with Gasteiger partial charge in [-0.05, 0) is 37.3 Å². The first-order chi connectivity index (χ1) is 8.06. The first kappa shape index (κ1) is 11.8. The second-order valence-corrected chi connectivity index (χ2v) is 4.68. The minimum absolute atomic E-state index is 0.343. The molecule has 0 spiro atoms. The molecule has 5 heteroatoms. The van der Waals surface area contributed by atoms with Gasteiger partial charge in [0.15, 0.2) is 0 Å². The molecule has 1 fully saturated rings. The lowest BCUT2D eigenvalue weighted by Gasteiger charge is -2.13. The molecule has 2 unspecified atom stereocenters. The number of nitrogens with zero attached hydrogens (tertiary/aromatic N) is 1. The van der Waals surface area contributed by atoms with Gasteiger partial charge in [-0.15, -0.1) is 0 Å². The third kappa shape index (κ3) is 2.72. The SMILES string of the molecule is CC1CCC(Nc2ccc(F)c([N+](=O)[O-])c2)C1. The lowest BCUT2D eigenvalue weighted by molar-refractivity contribution is -0.387. The highest BCUT2D eigenvalue weighted by molar-refractivity contribution is 5.52. The van der Waals surface area contributed by atoms with Crippen molar-refractivity contribution in [3.05, 3.63) is 34.1 Å². The fraction of sp³-hybridized carbons (Fsp3) is 0.500. The average Bonchev–Trinajstić information content (AvgIpc) is 2.66. The van der Waals surface area contributed by atoms with Gasteiger partial charge in [0.2, 0.25) is 5.82 Å². The molecule has 2 atom stereocenters. The van der Waals surface area contributed by atoms with E-state index in [1.807, 2.05) is 0 Å². The number of hydrogen-bond donors (Lipinski definition) is 1. The van der Waals surface area contributed by atoms with Crippen molar-refractivity contribution in [2.24, 2.45) is 5.92 Å². The Labute approximate surface area is 99.0 Å². The van der Waals surface area contributed by atoms with Crippen molar-refractivity contribution in [3.8, 4) is 0 Å². The van der Waals surface area contributed by atoms with Crippen LogP contribution in [0.5, 0.6) is 0 Å². The molecule has 1 saturated carbocycles. The molecule has 1 N–H and O–H groups in total. The maximum absolute atomic E-state index is 13.1. The van der Waals surface area contributed by atoms with Crippen molar-refractivity contribution >= 4 is 11.4 Å². The molecule has 1 aliphatic carbocycles. The molecule has 1 aromatic carbocycles. The summed E-state index contributed by atoms with van der Waals surface area (Å²) in [4.78, 5) is 9.90. The average molecular weight is 238 g/mol. The van der Waals surface area contributed by atoms with Crippen LogP contribution in [0.25, 0.3) is 0 Å². The summed E-state index contributed by atoms with van der Waals surface area (Å²) in [6.45, 7) is 2.19. The van der Waals surface area contributed by atoms with Crippen molar-refractivity contribution in [3.63, 3.8) is 0 Å². The van der Waals surface area contributed by atoms with Crippen LogP contribution in [0.3, 0.4) is 0 Å². The Balaban J connectivity index is 2.11. The van der Waals surface area contributed by atoms with E-state index in [-0.39, 0.29) is 0 Å². The zero-order valence-corrected chi connectivity index (χ0v) is 9.65. The molecule has 92 valence electrons. The minimum atomic E-state index is -0.791. The van der Waals surface area contributed by atoms with E-state index in [1.54, 1.807) is 6.07 Å². The van der Waals surface area contributed by atoms with E-state index in [2.05, 4.69) is 12.2 Å². The van der Waals surface area contributed by atoms with Gasteiger partial charge in [-0.1, -0.05) is 6.92 Å². The summed E-state index contributed by atoms with van der Waals surface area (Å²) in [5, 5.41) is 13.8. The number of nitrogens with one attached hydrogen (secondary N) is 1. The van der Waals surface area contributed by atoms with Gasteiger partial charge in [0.05, 0.1) is 4.92 Å². The Bertz CT molecular complexity index is 437. The first-order valence-corrected chi connectivity index (χ1v) is 5.76. The van der Waals surface area contributed by atoms with E-state index in [0.29, 0.717) is 17.6 Å². The zero-order valence-electron chi connectivity index (χ0n) is 9.65. The highest BCUT2D eigenvalue weighted by Gasteiger charge is 2.22. The Kier molecular flexibility index (Phi) is 3.26. The van der Waals surface area contributed by atoms with Gasteiger partial charge in [0.25, 0.3) is 0 Å².